The zero-order chi connectivity index (χ0) is 16.9. The van der Waals surface area contributed by atoms with Gasteiger partial charge in [-0.05, 0) is 33.6 Å². The van der Waals surface area contributed by atoms with Crippen LogP contribution in [0.2, 0.25) is 0 Å². The van der Waals surface area contributed by atoms with Crippen molar-refractivity contribution in [1.29, 1.82) is 0 Å². The van der Waals surface area contributed by atoms with Gasteiger partial charge in [0, 0.05) is 26.3 Å². The molecule has 7 nitrogen and oxygen atoms in total. The molecule has 0 aliphatic heterocycles. The summed E-state index contributed by atoms with van der Waals surface area (Å²) in [5.41, 5.74) is 2.70. The summed E-state index contributed by atoms with van der Waals surface area (Å²) >= 11 is 0. The van der Waals surface area contributed by atoms with Crippen molar-refractivity contribution in [3.05, 3.63) is 11.3 Å². The van der Waals surface area contributed by atoms with Crippen molar-refractivity contribution in [2.45, 2.75) is 45.6 Å². The number of hydrogen-bond acceptors (Lipinski definition) is 6. The third-order valence-electron chi connectivity index (χ3n) is 2.94. The molecule has 1 aliphatic rings. The molecule has 1 aliphatic carbocycles. The molecular formula is C15H24N2O5. The normalized spacial score (nSPS) is 15.6. The lowest BCUT2D eigenvalue weighted by molar-refractivity contribution is -0.124. The summed E-state index contributed by atoms with van der Waals surface area (Å²) in [5, 5.41) is 1.14. The predicted octanol–water partition coefficient (Wildman–Crippen LogP) is 1.58. The highest BCUT2D eigenvalue weighted by Crippen LogP contribution is 2.21. The molecule has 7 heteroatoms. The molecule has 0 atom stereocenters. The topological polar surface area (TPSA) is 84.9 Å². The number of nitrogens with zero attached hydrogens (tertiary/aromatic N) is 1. The third-order valence-corrected chi connectivity index (χ3v) is 2.94. The molecule has 1 rings (SSSR count). The zero-order valence-corrected chi connectivity index (χ0v) is 13.8. The average Bonchev–Trinajstić information content (AvgIpc) is 2.36. The molecule has 0 saturated carbocycles. The van der Waals surface area contributed by atoms with E-state index in [1.165, 1.54) is 14.2 Å². The number of carbonyl (C=O) groups is 3. The molecule has 0 aromatic heterocycles. The van der Waals surface area contributed by atoms with E-state index in [0.717, 1.165) is 5.01 Å². The Hall–Kier alpha value is -1.89. The van der Waals surface area contributed by atoms with Gasteiger partial charge in [-0.15, -0.1) is 0 Å². The summed E-state index contributed by atoms with van der Waals surface area (Å²) < 4.78 is 10.0. The third kappa shape index (κ3) is 5.14. The Balaban J connectivity index is 2.90. The van der Waals surface area contributed by atoms with E-state index in [-0.39, 0.29) is 23.7 Å². The lowest BCUT2D eigenvalue weighted by atomic mass is 9.92. The molecule has 1 amide bonds. The molecule has 0 aromatic carbocycles. The van der Waals surface area contributed by atoms with Crippen molar-refractivity contribution >= 4 is 17.7 Å². The Labute approximate surface area is 130 Å². The van der Waals surface area contributed by atoms with Crippen LogP contribution in [0.4, 0.5) is 4.79 Å². The highest BCUT2D eigenvalue weighted by molar-refractivity contribution is 6.21. The second-order valence-corrected chi connectivity index (χ2v) is 6.14. The number of ether oxygens (including phenoxy) is 2. The Morgan fingerprint density at radius 2 is 1.91 bits per heavy atom. The highest BCUT2D eigenvalue weighted by atomic mass is 16.6. The Morgan fingerprint density at radius 1 is 1.27 bits per heavy atom. The van der Waals surface area contributed by atoms with Gasteiger partial charge >= 0.3 is 6.09 Å². The van der Waals surface area contributed by atoms with Crippen LogP contribution in [0.1, 0.15) is 40.0 Å². The quantitative estimate of drug-likeness (QED) is 0.613. The van der Waals surface area contributed by atoms with Gasteiger partial charge in [0.1, 0.15) is 12.2 Å². The predicted molar refractivity (Wildman–Crippen MR) is 79.9 cm³/mol. The van der Waals surface area contributed by atoms with E-state index in [4.69, 9.17) is 9.47 Å². The lowest BCUT2D eigenvalue weighted by Gasteiger charge is -2.28. The highest BCUT2D eigenvalue weighted by Gasteiger charge is 2.28. The first-order chi connectivity index (χ1) is 10.2. The van der Waals surface area contributed by atoms with Crippen molar-refractivity contribution in [1.82, 2.24) is 10.4 Å². The molecule has 0 fully saturated rings. The number of nitrogens with one attached hydrogen (secondary N) is 1. The minimum atomic E-state index is -0.626. The Kier molecular flexibility index (Phi) is 6.11. The molecule has 1 N–H and O–H groups in total. The van der Waals surface area contributed by atoms with Crippen LogP contribution in [0, 0.1) is 0 Å². The number of ketones is 2. The summed E-state index contributed by atoms with van der Waals surface area (Å²) in [4.78, 5) is 36.0. The smallest absolute Gasteiger partial charge is 0.428 e. The fraction of sp³-hybridized carbons (Fsp3) is 0.667. The molecule has 0 bridgehead atoms. The van der Waals surface area contributed by atoms with Gasteiger partial charge in [-0.25, -0.2) is 9.80 Å². The minimum absolute atomic E-state index is 0.0866. The molecule has 0 aromatic rings. The van der Waals surface area contributed by atoms with E-state index >= 15 is 0 Å². The largest absolute Gasteiger partial charge is 0.442 e. The first-order valence-electron chi connectivity index (χ1n) is 7.17. The van der Waals surface area contributed by atoms with Crippen molar-refractivity contribution in [2.24, 2.45) is 0 Å². The number of rotatable bonds is 5. The molecule has 124 valence electrons. The molecule has 0 saturated heterocycles. The van der Waals surface area contributed by atoms with E-state index in [1.54, 1.807) is 20.8 Å². The second kappa shape index (κ2) is 7.40. The van der Waals surface area contributed by atoms with Crippen LogP contribution in [-0.2, 0) is 19.1 Å². The maximum absolute atomic E-state index is 12.0. The van der Waals surface area contributed by atoms with Crippen LogP contribution in [0.5, 0.6) is 0 Å². The van der Waals surface area contributed by atoms with Gasteiger partial charge < -0.3 is 9.47 Å². The fourth-order valence-electron chi connectivity index (χ4n) is 2.06. The van der Waals surface area contributed by atoms with Gasteiger partial charge in [-0.2, -0.15) is 0 Å². The van der Waals surface area contributed by atoms with Crippen LogP contribution in [0.15, 0.2) is 11.3 Å². The molecule has 22 heavy (non-hydrogen) atoms. The van der Waals surface area contributed by atoms with Gasteiger partial charge in [0.05, 0.1) is 5.57 Å². The van der Waals surface area contributed by atoms with Gasteiger partial charge in [0.25, 0.3) is 0 Å². The maximum Gasteiger partial charge on any atom is 0.428 e. The van der Waals surface area contributed by atoms with Crippen molar-refractivity contribution < 1.29 is 23.9 Å². The van der Waals surface area contributed by atoms with Crippen molar-refractivity contribution in [2.75, 3.05) is 20.8 Å². The standard InChI is InChI=1S/C15H24N2O5/c1-15(2,3)22-14(20)17(4)16-10-7-6-8-11(18)13(10)12(19)9-21-5/h16H,6-9H2,1-5H3. The van der Waals surface area contributed by atoms with Crippen molar-refractivity contribution in [3.63, 3.8) is 0 Å². The summed E-state index contributed by atoms with van der Waals surface area (Å²) in [6.07, 6.45) is 0.889. The fourth-order valence-corrected chi connectivity index (χ4v) is 2.06. The van der Waals surface area contributed by atoms with E-state index in [1.807, 2.05) is 0 Å². The lowest BCUT2D eigenvalue weighted by Crippen LogP contribution is -2.44. The van der Waals surface area contributed by atoms with Crippen LogP contribution in [-0.4, -0.2) is 49.0 Å². The van der Waals surface area contributed by atoms with E-state index < -0.39 is 11.7 Å². The Morgan fingerprint density at radius 3 is 2.45 bits per heavy atom. The molecule has 0 unspecified atom stereocenters. The van der Waals surface area contributed by atoms with E-state index in [9.17, 15) is 14.4 Å². The molecular weight excluding hydrogens is 288 g/mol. The summed E-state index contributed by atoms with van der Waals surface area (Å²) in [7, 11) is 2.88. The second-order valence-electron chi connectivity index (χ2n) is 6.14. The number of amides is 1. The number of Topliss-reactive ketones (excluding diaryl/α,β-unsaturated/α-hetero) is 2. The van der Waals surface area contributed by atoms with Crippen LogP contribution in [0.3, 0.4) is 0 Å². The van der Waals surface area contributed by atoms with Crippen LogP contribution in [0.25, 0.3) is 0 Å². The number of hydrazine groups is 1. The summed E-state index contributed by atoms with van der Waals surface area (Å²) in [6.45, 7) is 5.11. The SMILES string of the molecule is COCC(=O)C1=C(NN(C)C(=O)OC(C)(C)C)CCCC1=O. The summed E-state index contributed by atoms with van der Waals surface area (Å²) in [5.74, 6) is -0.610. The van der Waals surface area contributed by atoms with Crippen LogP contribution < -0.4 is 5.43 Å². The van der Waals surface area contributed by atoms with Crippen LogP contribution >= 0.6 is 0 Å². The summed E-state index contributed by atoms with van der Waals surface area (Å²) in [6, 6.07) is 0. The van der Waals surface area contributed by atoms with E-state index in [0.29, 0.717) is 25.0 Å². The molecule has 0 radical (unpaired) electrons. The maximum atomic E-state index is 12.0. The first-order valence-corrected chi connectivity index (χ1v) is 7.17. The molecule has 0 heterocycles. The monoisotopic (exact) mass is 312 g/mol. The number of allylic oxidation sites excluding steroid dienone is 1. The number of methoxy groups -OCH3 is 1. The van der Waals surface area contributed by atoms with Gasteiger partial charge in [-0.1, -0.05) is 0 Å². The average molecular weight is 312 g/mol. The van der Waals surface area contributed by atoms with Gasteiger partial charge in [-0.3, -0.25) is 15.0 Å². The van der Waals surface area contributed by atoms with Crippen molar-refractivity contribution in [3.8, 4) is 0 Å². The number of carbonyl (C=O) groups excluding carboxylic acids is 3. The van der Waals surface area contributed by atoms with Gasteiger partial charge in [0.15, 0.2) is 11.6 Å². The van der Waals surface area contributed by atoms with E-state index in [2.05, 4.69) is 5.43 Å². The number of hydrogen-bond donors (Lipinski definition) is 1. The van der Waals surface area contributed by atoms with Gasteiger partial charge in [0.2, 0.25) is 0 Å². The minimum Gasteiger partial charge on any atom is -0.442 e. The zero-order valence-electron chi connectivity index (χ0n) is 13.8. The first kappa shape index (κ1) is 18.2. The Bertz CT molecular complexity index is 491. The molecule has 0 spiro atoms.